The summed E-state index contributed by atoms with van der Waals surface area (Å²) in [5.41, 5.74) is 6.60. The maximum absolute atomic E-state index is 8.79. The molecular formula is C11H8ClN5. The van der Waals surface area contributed by atoms with Gasteiger partial charge in [-0.05, 0) is 24.3 Å². The minimum Gasteiger partial charge on any atom is -0.384 e. The van der Waals surface area contributed by atoms with Crippen molar-refractivity contribution in [3.8, 4) is 6.07 Å². The molecule has 17 heavy (non-hydrogen) atoms. The Morgan fingerprint density at radius 2 is 2.18 bits per heavy atom. The fourth-order valence-electron chi connectivity index (χ4n) is 1.24. The standard InChI is InChI=1S/C11H8ClN5/c12-8-2-1-7(6-13)5-9(8)16-11-15-4-3-10(14)17-11/h1-5H,(H3,14,15,16,17). The van der Waals surface area contributed by atoms with Gasteiger partial charge in [-0.2, -0.15) is 10.2 Å². The zero-order valence-electron chi connectivity index (χ0n) is 8.68. The van der Waals surface area contributed by atoms with Gasteiger partial charge in [-0.3, -0.25) is 0 Å². The molecule has 0 spiro atoms. The third kappa shape index (κ3) is 2.62. The van der Waals surface area contributed by atoms with Crippen LogP contribution in [-0.2, 0) is 0 Å². The van der Waals surface area contributed by atoms with Gasteiger partial charge < -0.3 is 11.1 Å². The Morgan fingerprint density at radius 3 is 2.88 bits per heavy atom. The van der Waals surface area contributed by atoms with Gasteiger partial charge in [0.2, 0.25) is 5.95 Å². The van der Waals surface area contributed by atoms with Crippen molar-refractivity contribution in [2.75, 3.05) is 11.1 Å². The molecule has 1 aromatic heterocycles. The lowest BCUT2D eigenvalue weighted by Crippen LogP contribution is -2.00. The smallest absolute Gasteiger partial charge is 0.229 e. The third-order valence-corrected chi connectivity index (χ3v) is 2.35. The normalized spacial score (nSPS) is 9.65. The SMILES string of the molecule is N#Cc1ccc(Cl)c(Nc2nccc(N)n2)c1. The molecule has 0 radical (unpaired) electrons. The van der Waals surface area contributed by atoms with Crippen LogP contribution in [0.15, 0.2) is 30.5 Å². The Kier molecular flexibility index (Phi) is 3.08. The first-order valence-electron chi connectivity index (χ1n) is 4.74. The molecule has 0 aliphatic heterocycles. The summed E-state index contributed by atoms with van der Waals surface area (Å²) in [4.78, 5) is 7.97. The summed E-state index contributed by atoms with van der Waals surface area (Å²) < 4.78 is 0. The number of halogens is 1. The molecule has 6 heteroatoms. The number of rotatable bonds is 2. The largest absolute Gasteiger partial charge is 0.384 e. The van der Waals surface area contributed by atoms with Gasteiger partial charge in [0.1, 0.15) is 5.82 Å². The molecule has 0 unspecified atom stereocenters. The summed E-state index contributed by atoms with van der Waals surface area (Å²) in [6, 6.07) is 8.50. The highest BCUT2D eigenvalue weighted by atomic mass is 35.5. The quantitative estimate of drug-likeness (QED) is 0.848. The first kappa shape index (κ1) is 11.2. The molecule has 5 nitrogen and oxygen atoms in total. The highest BCUT2D eigenvalue weighted by Gasteiger charge is 2.04. The fraction of sp³-hybridized carbons (Fsp3) is 0. The highest BCUT2D eigenvalue weighted by Crippen LogP contribution is 2.25. The van der Waals surface area contributed by atoms with Gasteiger partial charge >= 0.3 is 0 Å². The van der Waals surface area contributed by atoms with E-state index in [2.05, 4.69) is 15.3 Å². The number of nitrogens with zero attached hydrogens (tertiary/aromatic N) is 3. The summed E-state index contributed by atoms with van der Waals surface area (Å²) in [6.07, 6.45) is 1.53. The lowest BCUT2D eigenvalue weighted by Gasteiger charge is -2.07. The lowest BCUT2D eigenvalue weighted by atomic mass is 10.2. The van der Waals surface area contributed by atoms with Gasteiger partial charge in [0.15, 0.2) is 0 Å². The van der Waals surface area contributed by atoms with Crippen molar-refractivity contribution in [3.05, 3.63) is 41.0 Å². The summed E-state index contributed by atoms with van der Waals surface area (Å²) in [7, 11) is 0. The molecule has 0 fully saturated rings. The van der Waals surface area contributed by atoms with Crippen LogP contribution in [-0.4, -0.2) is 9.97 Å². The molecule has 1 heterocycles. The zero-order valence-corrected chi connectivity index (χ0v) is 9.44. The zero-order chi connectivity index (χ0) is 12.3. The van der Waals surface area contributed by atoms with Gasteiger partial charge in [-0.25, -0.2) is 4.98 Å². The van der Waals surface area contributed by atoms with Crippen molar-refractivity contribution in [2.24, 2.45) is 0 Å². The van der Waals surface area contributed by atoms with Crippen LogP contribution in [0.1, 0.15) is 5.56 Å². The molecule has 0 saturated carbocycles. The third-order valence-electron chi connectivity index (χ3n) is 2.02. The van der Waals surface area contributed by atoms with Crippen molar-refractivity contribution in [3.63, 3.8) is 0 Å². The Hall–Kier alpha value is -2.32. The van der Waals surface area contributed by atoms with E-state index in [1.54, 1.807) is 24.3 Å². The van der Waals surface area contributed by atoms with Gasteiger partial charge in [0.05, 0.1) is 22.3 Å². The van der Waals surface area contributed by atoms with Crippen LogP contribution >= 0.6 is 11.6 Å². The van der Waals surface area contributed by atoms with Crippen molar-refractivity contribution >= 4 is 29.1 Å². The van der Waals surface area contributed by atoms with Crippen LogP contribution in [0.2, 0.25) is 5.02 Å². The second-order valence-electron chi connectivity index (χ2n) is 3.24. The van der Waals surface area contributed by atoms with Crippen molar-refractivity contribution in [1.82, 2.24) is 9.97 Å². The molecule has 1 aromatic carbocycles. The molecule has 0 aliphatic carbocycles. The summed E-state index contributed by atoms with van der Waals surface area (Å²) in [6.45, 7) is 0. The topological polar surface area (TPSA) is 87.6 Å². The highest BCUT2D eigenvalue weighted by molar-refractivity contribution is 6.33. The van der Waals surface area contributed by atoms with Crippen LogP contribution in [0.3, 0.4) is 0 Å². The summed E-state index contributed by atoms with van der Waals surface area (Å²) in [5, 5.41) is 12.2. The number of anilines is 3. The first-order valence-corrected chi connectivity index (χ1v) is 5.12. The molecule has 0 aliphatic rings. The number of hydrogen-bond acceptors (Lipinski definition) is 5. The monoisotopic (exact) mass is 245 g/mol. The number of nitrogens with one attached hydrogen (secondary N) is 1. The molecule has 84 valence electrons. The van der Waals surface area contributed by atoms with E-state index in [1.165, 1.54) is 6.20 Å². The first-order chi connectivity index (χ1) is 8.19. The van der Waals surface area contributed by atoms with Crippen LogP contribution in [0, 0.1) is 11.3 Å². The Bertz CT molecular complexity index is 591. The molecule has 0 saturated heterocycles. The maximum Gasteiger partial charge on any atom is 0.229 e. The number of nitriles is 1. The number of hydrogen-bond donors (Lipinski definition) is 2. The molecule has 0 bridgehead atoms. The van der Waals surface area contributed by atoms with Gasteiger partial charge in [0.25, 0.3) is 0 Å². The van der Waals surface area contributed by atoms with E-state index in [0.29, 0.717) is 28.0 Å². The van der Waals surface area contributed by atoms with Gasteiger partial charge in [0, 0.05) is 6.20 Å². The average Bonchev–Trinajstić information content (AvgIpc) is 2.32. The Morgan fingerprint density at radius 1 is 1.35 bits per heavy atom. The number of benzene rings is 1. The number of nitrogens with two attached hydrogens (primary N) is 1. The predicted molar refractivity (Wildman–Crippen MR) is 65.9 cm³/mol. The predicted octanol–water partition coefficient (Wildman–Crippen LogP) is 2.33. The van der Waals surface area contributed by atoms with Crippen LogP contribution in [0.4, 0.5) is 17.5 Å². The minimum atomic E-state index is 0.335. The van der Waals surface area contributed by atoms with E-state index in [0.717, 1.165) is 0 Å². The van der Waals surface area contributed by atoms with E-state index < -0.39 is 0 Å². The van der Waals surface area contributed by atoms with Crippen LogP contribution < -0.4 is 11.1 Å². The summed E-state index contributed by atoms with van der Waals surface area (Å²) in [5.74, 6) is 0.692. The molecule has 0 amide bonds. The van der Waals surface area contributed by atoms with Crippen molar-refractivity contribution in [1.29, 1.82) is 5.26 Å². The fourth-order valence-corrected chi connectivity index (χ4v) is 1.41. The van der Waals surface area contributed by atoms with Gasteiger partial charge in [-0.15, -0.1) is 0 Å². The lowest BCUT2D eigenvalue weighted by molar-refractivity contribution is 1.17. The van der Waals surface area contributed by atoms with E-state index in [4.69, 9.17) is 22.6 Å². The van der Waals surface area contributed by atoms with E-state index in [-0.39, 0.29) is 0 Å². The Balaban J connectivity index is 2.33. The molecule has 2 aromatic rings. The van der Waals surface area contributed by atoms with Crippen LogP contribution in [0.5, 0.6) is 0 Å². The Labute approximate surface area is 103 Å². The van der Waals surface area contributed by atoms with E-state index >= 15 is 0 Å². The number of nitrogen functional groups attached to an aromatic ring is 1. The second kappa shape index (κ2) is 4.68. The minimum absolute atomic E-state index is 0.335. The molecule has 0 atom stereocenters. The second-order valence-corrected chi connectivity index (χ2v) is 3.64. The van der Waals surface area contributed by atoms with Crippen molar-refractivity contribution in [2.45, 2.75) is 0 Å². The van der Waals surface area contributed by atoms with E-state index in [1.807, 2.05) is 6.07 Å². The maximum atomic E-state index is 8.79. The van der Waals surface area contributed by atoms with Crippen molar-refractivity contribution < 1.29 is 0 Å². The average molecular weight is 246 g/mol. The number of aromatic nitrogens is 2. The molecule has 2 rings (SSSR count). The summed E-state index contributed by atoms with van der Waals surface area (Å²) >= 11 is 5.98. The van der Waals surface area contributed by atoms with Gasteiger partial charge in [-0.1, -0.05) is 11.6 Å². The molecular weight excluding hydrogens is 238 g/mol. The van der Waals surface area contributed by atoms with E-state index in [9.17, 15) is 0 Å². The van der Waals surface area contributed by atoms with Crippen LogP contribution in [0.25, 0.3) is 0 Å². The molecule has 3 N–H and O–H groups in total.